The van der Waals surface area contributed by atoms with Gasteiger partial charge >= 0.3 is 5.97 Å². The average Bonchev–Trinajstić information content (AvgIpc) is 3.07. The molecule has 5 rings (SSSR count). The Kier molecular flexibility index (Phi) is 4.97. The Morgan fingerprint density at radius 2 is 1.73 bits per heavy atom. The second-order valence-electron chi connectivity index (χ2n) is 7.64. The van der Waals surface area contributed by atoms with E-state index in [0.717, 1.165) is 16.7 Å². The van der Waals surface area contributed by atoms with Crippen molar-refractivity contribution in [3.63, 3.8) is 0 Å². The van der Waals surface area contributed by atoms with E-state index in [1.54, 1.807) is 36.4 Å². The lowest BCUT2D eigenvalue weighted by Gasteiger charge is -2.36. The van der Waals surface area contributed by atoms with Crippen LogP contribution >= 0.6 is 11.8 Å². The average molecular weight is 468 g/mol. The van der Waals surface area contributed by atoms with Crippen LogP contribution in [0.3, 0.4) is 0 Å². The van der Waals surface area contributed by atoms with Crippen LogP contribution in [-0.4, -0.2) is 44.4 Å². The Balaban J connectivity index is 1.67. The van der Waals surface area contributed by atoms with Gasteiger partial charge in [0.1, 0.15) is 16.7 Å². The van der Waals surface area contributed by atoms with E-state index in [-0.39, 0.29) is 22.0 Å². The first kappa shape index (κ1) is 21.2. The van der Waals surface area contributed by atoms with E-state index in [1.165, 1.54) is 21.3 Å². The lowest BCUT2D eigenvalue weighted by atomic mass is 9.77. The molecule has 0 saturated carbocycles. The molecule has 3 aliphatic heterocycles. The molecule has 1 fully saturated rings. The van der Waals surface area contributed by atoms with Crippen LogP contribution in [0.2, 0.25) is 0 Å². The molecule has 1 saturated heterocycles. The van der Waals surface area contributed by atoms with E-state index in [4.69, 9.17) is 24.7 Å². The number of thioether (sulfide) groups is 1. The lowest BCUT2D eigenvalue weighted by Crippen LogP contribution is -2.39. The predicted molar refractivity (Wildman–Crippen MR) is 119 cm³/mol. The molecule has 9 nitrogen and oxygen atoms in total. The summed E-state index contributed by atoms with van der Waals surface area (Å²) in [4.78, 5) is 41.3. The lowest BCUT2D eigenvalue weighted by molar-refractivity contribution is -0.132. The van der Waals surface area contributed by atoms with Crippen LogP contribution in [0.4, 0.5) is 5.69 Å². The number of para-hydroxylation sites is 1. The molecule has 3 atom stereocenters. The maximum atomic E-state index is 13.8. The highest BCUT2D eigenvalue weighted by molar-refractivity contribution is 8.04. The SMILES string of the molecule is COc1ccc(OC)c(N2C(=O)[C@H]3[C@@H]4C(=C(N)S[C@H]3C2=O)C(=O)Oc2c(OC)cccc24)c1. The first-order chi connectivity index (χ1) is 15.9. The second-order valence-corrected chi connectivity index (χ2v) is 8.82. The summed E-state index contributed by atoms with van der Waals surface area (Å²) in [6.07, 6.45) is 0. The van der Waals surface area contributed by atoms with Crippen LogP contribution in [0.5, 0.6) is 23.0 Å². The molecular formula is C23H20N2O7S. The Labute approximate surface area is 193 Å². The monoisotopic (exact) mass is 468 g/mol. The fourth-order valence-electron chi connectivity index (χ4n) is 4.62. The number of rotatable bonds is 4. The number of nitrogens with zero attached hydrogens (tertiary/aromatic N) is 1. The van der Waals surface area contributed by atoms with Gasteiger partial charge in [-0.1, -0.05) is 23.9 Å². The highest BCUT2D eigenvalue weighted by Crippen LogP contribution is 2.56. The van der Waals surface area contributed by atoms with Crippen LogP contribution in [0, 0.1) is 5.92 Å². The summed E-state index contributed by atoms with van der Waals surface area (Å²) in [5.74, 6) is -1.77. The van der Waals surface area contributed by atoms with Gasteiger partial charge in [-0.25, -0.2) is 9.69 Å². The van der Waals surface area contributed by atoms with Crippen LogP contribution in [0.25, 0.3) is 0 Å². The highest BCUT2D eigenvalue weighted by Gasteiger charge is 2.59. The van der Waals surface area contributed by atoms with E-state index in [1.807, 2.05) is 0 Å². The maximum absolute atomic E-state index is 13.8. The number of benzene rings is 2. The van der Waals surface area contributed by atoms with Crippen LogP contribution in [0.15, 0.2) is 47.0 Å². The fraction of sp³-hybridized carbons (Fsp3) is 0.261. The van der Waals surface area contributed by atoms with Crippen molar-refractivity contribution < 1.29 is 33.3 Å². The van der Waals surface area contributed by atoms with Gasteiger partial charge in [0.05, 0.1) is 43.5 Å². The molecule has 0 bridgehead atoms. The summed E-state index contributed by atoms with van der Waals surface area (Å²) in [7, 11) is 4.41. The number of anilines is 1. The van der Waals surface area contributed by atoms with Gasteiger partial charge < -0.3 is 24.7 Å². The number of ether oxygens (including phenoxy) is 4. The number of amides is 2. The number of nitrogens with two attached hydrogens (primary N) is 1. The summed E-state index contributed by atoms with van der Waals surface area (Å²) in [6.45, 7) is 0. The van der Waals surface area contributed by atoms with Crippen molar-refractivity contribution in [2.24, 2.45) is 11.7 Å². The largest absolute Gasteiger partial charge is 0.497 e. The van der Waals surface area contributed by atoms with Crippen molar-refractivity contribution in [3.8, 4) is 23.0 Å². The highest BCUT2D eigenvalue weighted by atomic mass is 32.2. The number of carbonyl (C=O) groups is 3. The molecule has 3 heterocycles. The van der Waals surface area contributed by atoms with Crippen LogP contribution in [-0.2, 0) is 14.4 Å². The Hall–Kier alpha value is -3.66. The van der Waals surface area contributed by atoms with E-state index in [9.17, 15) is 14.4 Å². The van der Waals surface area contributed by atoms with E-state index >= 15 is 0 Å². The number of fused-ring (bicyclic) bond motifs is 5. The van der Waals surface area contributed by atoms with Gasteiger partial charge in [-0.15, -0.1) is 0 Å². The van der Waals surface area contributed by atoms with E-state index in [2.05, 4.69) is 0 Å². The van der Waals surface area contributed by atoms with Crippen molar-refractivity contribution >= 4 is 35.2 Å². The third-order valence-corrected chi connectivity index (χ3v) is 7.31. The number of hydrogen-bond donors (Lipinski definition) is 1. The quantitative estimate of drug-likeness (QED) is 0.409. The smallest absolute Gasteiger partial charge is 0.342 e. The summed E-state index contributed by atoms with van der Waals surface area (Å²) < 4.78 is 21.6. The molecular weight excluding hydrogens is 448 g/mol. The number of hydrogen-bond acceptors (Lipinski definition) is 9. The molecule has 2 aromatic carbocycles. The van der Waals surface area contributed by atoms with E-state index in [0.29, 0.717) is 22.8 Å². The van der Waals surface area contributed by atoms with Crippen molar-refractivity contribution in [1.29, 1.82) is 0 Å². The third-order valence-electron chi connectivity index (χ3n) is 6.09. The first-order valence-corrected chi connectivity index (χ1v) is 10.9. The van der Waals surface area contributed by atoms with Crippen molar-refractivity contribution in [3.05, 3.63) is 52.6 Å². The standard InChI is InChI=1S/C23H20N2O7S/c1-29-10-7-8-13(30-2)12(9-10)25-21(26)16-15-11-5-4-6-14(31-3)18(11)32-23(28)17(15)20(24)33-19(16)22(25)27/h4-9,15-16,19H,24H2,1-3H3/t15-,16+,19-/m1/s1. The number of carbonyl (C=O) groups excluding carboxylic acids is 3. The van der Waals surface area contributed by atoms with Gasteiger partial charge in [0.2, 0.25) is 11.8 Å². The topological polar surface area (TPSA) is 117 Å². The maximum Gasteiger partial charge on any atom is 0.342 e. The Morgan fingerprint density at radius 1 is 0.970 bits per heavy atom. The molecule has 2 amide bonds. The van der Waals surface area contributed by atoms with Gasteiger partial charge in [-0.2, -0.15) is 0 Å². The van der Waals surface area contributed by atoms with Crippen molar-refractivity contribution in [2.75, 3.05) is 26.2 Å². The number of esters is 1. The molecule has 33 heavy (non-hydrogen) atoms. The van der Waals surface area contributed by atoms with Gasteiger partial charge in [0.25, 0.3) is 0 Å². The summed E-state index contributed by atoms with van der Waals surface area (Å²) in [6, 6.07) is 10.0. The molecule has 3 aliphatic rings. The second kappa shape index (κ2) is 7.73. The minimum absolute atomic E-state index is 0.167. The zero-order valence-electron chi connectivity index (χ0n) is 18.0. The minimum Gasteiger partial charge on any atom is -0.497 e. The molecule has 0 spiro atoms. The molecule has 170 valence electrons. The van der Waals surface area contributed by atoms with Gasteiger partial charge in [0.15, 0.2) is 11.5 Å². The molecule has 0 aromatic heterocycles. The Morgan fingerprint density at radius 3 is 2.42 bits per heavy atom. The van der Waals surface area contributed by atoms with Gasteiger partial charge in [-0.05, 0) is 18.2 Å². The predicted octanol–water partition coefficient (Wildman–Crippen LogP) is 2.19. The summed E-state index contributed by atoms with van der Waals surface area (Å²) in [5.41, 5.74) is 7.27. The normalized spacial score (nSPS) is 23.5. The fourth-order valence-corrected chi connectivity index (χ4v) is 5.86. The molecule has 0 radical (unpaired) electrons. The molecule has 0 unspecified atom stereocenters. The van der Waals surface area contributed by atoms with Crippen molar-refractivity contribution in [2.45, 2.75) is 11.2 Å². The van der Waals surface area contributed by atoms with E-state index < -0.39 is 34.9 Å². The molecule has 10 heteroatoms. The van der Waals surface area contributed by atoms with Crippen LogP contribution in [0.1, 0.15) is 11.5 Å². The van der Waals surface area contributed by atoms with Crippen LogP contribution < -0.4 is 29.6 Å². The first-order valence-electron chi connectivity index (χ1n) is 10.1. The van der Waals surface area contributed by atoms with Crippen molar-refractivity contribution in [1.82, 2.24) is 0 Å². The zero-order valence-corrected chi connectivity index (χ0v) is 18.8. The molecule has 2 aromatic rings. The Bertz CT molecular complexity index is 1240. The summed E-state index contributed by atoms with van der Waals surface area (Å²) >= 11 is 1.01. The number of methoxy groups -OCH3 is 3. The van der Waals surface area contributed by atoms with Gasteiger partial charge in [-0.3, -0.25) is 9.59 Å². The summed E-state index contributed by atoms with van der Waals surface area (Å²) in [5, 5.41) is -0.646. The minimum atomic E-state index is -0.862. The molecule has 2 N–H and O–H groups in total. The zero-order chi connectivity index (χ0) is 23.4. The third kappa shape index (κ3) is 2.97. The molecule has 0 aliphatic carbocycles. The number of imide groups is 1. The van der Waals surface area contributed by atoms with Gasteiger partial charge in [0, 0.05) is 17.5 Å².